The molecule has 0 unspecified atom stereocenters. The van der Waals surface area contributed by atoms with Gasteiger partial charge in [0.1, 0.15) is 5.82 Å². The Hall–Kier alpha value is -1.49. The van der Waals surface area contributed by atoms with E-state index in [-0.39, 0.29) is 5.91 Å². The molecule has 5 heteroatoms. The fourth-order valence-electron chi connectivity index (χ4n) is 1.58. The van der Waals surface area contributed by atoms with E-state index in [2.05, 4.69) is 9.97 Å². The number of piperazine rings is 1. The van der Waals surface area contributed by atoms with Gasteiger partial charge < -0.3 is 4.90 Å². The van der Waals surface area contributed by atoms with Crippen LogP contribution in [-0.2, 0) is 11.3 Å². The molecule has 80 valence electrons. The van der Waals surface area contributed by atoms with Gasteiger partial charge in [0.15, 0.2) is 0 Å². The zero-order valence-corrected chi connectivity index (χ0v) is 8.76. The fraction of sp³-hybridized carbons (Fsp3) is 0.500. The van der Waals surface area contributed by atoms with Crippen molar-refractivity contribution in [3.8, 4) is 0 Å². The molecule has 1 aromatic rings. The van der Waals surface area contributed by atoms with Crippen LogP contribution < -0.4 is 0 Å². The lowest BCUT2D eigenvalue weighted by molar-refractivity contribution is -0.136. The summed E-state index contributed by atoms with van der Waals surface area (Å²) in [6.07, 6.45) is 3.39. The average molecular weight is 206 g/mol. The van der Waals surface area contributed by atoms with E-state index in [9.17, 15) is 4.79 Å². The Morgan fingerprint density at radius 1 is 1.33 bits per heavy atom. The Morgan fingerprint density at radius 3 is 2.73 bits per heavy atom. The van der Waals surface area contributed by atoms with Crippen LogP contribution in [0, 0.1) is 0 Å². The fourth-order valence-corrected chi connectivity index (χ4v) is 1.58. The third-order valence-corrected chi connectivity index (χ3v) is 2.46. The van der Waals surface area contributed by atoms with Crippen LogP contribution in [0.4, 0.5) is 0 Å². The number of amides is 1. The van der Waals surface area contributed by atoms with Crippen LogP contribution in [0.25, 0.3) is 0 Å². The van der Waals surface area contributed by atoms with Crippen molar-refractivity contribution in [1.29, 1.82) is 0 Å². The zero-order chi connectivity index (χ0) is 10.7. The van der Waals surface area contributed by atoms with Gasteiger partial charge in [-0.3, -0.25) is 9.69 Å². The number of rotatable bonds is 2. The molecule has 1 aliphatic heterocycles. The molecule has 0 aromatic carbocycles. The lowest BCUT2D eigenvalue weighted by Crippen LogP contribution is -2.48. The van der Waals surface area contributed by atoms with E-state index in [0.29, 0.717) is 18.9 Å². The van der Waals surface area contributed by atoms with Crippen molar-refractivity contribution >= 4 is 5.91 Å². The first kappa shape index (κ1) is 10.0. The minimum Gasteiger partial charge on any atom is -0.333 e. The summed E-state index contributed by atoms with van der Waals surface area (Å²) < 4.78 is 0. The predicted molar refractivity (Wildman–Crippen MR) is 54.9 cm³/mol. The second-order valence-electron chi connectivity index (χ2n) is 3.72. The molecule has 1 aliphatic rings. The van der Waals surface area contributed by atoms with Gasteiger partial charge in [0.25, 0.3) is 0 Å². The minimum absolute atomic E-state index is 0.149. The molecule has 5 nitrogen and oxygen atoms in total. The Bertz CT molecular complexity index is 341. The van der Waals surface area contributed by atoms with Gasteiger partial charge in [0, 0.05) is 25.5 Å². The summed E-state index contributed by atoms with van der Waals surface area (Å²) in [4.78, 5) is 23.7. The Morgan fingerprint density at radius 2 is 2.07 bits per heavy atom. The van der Waals surface area contributed by atoms with Gasteiger partial charge in [-0.1, -0.05) is 0 Å². The van der Waals surface area contributed by atoms with Gasteiger partial charge in [0.2, 0.25) is 5.91 Å². The van der Waals surface area contributed by atoms with Crippen molar-refractivity contribution in [2.45, 2.75) is 6.54 Å². The molecule has 1 fully saturated rings. The lowest BCUT2D eigenvalue weighted by Gasteiger charge is -2.31. The first-order valence-electron chi connectivity index (χ1n) is 4.98. The third-order valence-electron chi connectivity index (χ3n) is 2.46. The van der Waals surface area contributed by atoms with Crippen molar-refractivity contribution < 1.29 is 4.79 Å². The third kappa shape index (κ3) is 2.50. The number of nitrogens with zero attached hydrogens (tertiary/aromatic N) is 4. The van der Waals surface area contributed by atoms with E-state index >= 15 is 0 Å². The van der Waals surface area contributed by atoms with Gasteiger partial charge in [-0.25, -0.2) is 9.97 Å². The molecule has 1 aromatic heterocycles. The number of hydrogen-bond acceptors (Lipinski definition) is 4. The zero-order valence-electron chi connectivity index (χ0n) is 8.76. The molecule has 0 N–H and O–H groups in total. The molecule has 0 radical (unpaired) electrons. The predicted octanol–water partition coefficient (Wildman–Crippen LogP) is -0.249. The largest absolute Gasteiger partial charge is 0.333 e. The molecule has 0 atom stereocenters. The highest BCUT2D eigenvalue weighted by Crippen LogP contribution is 2.04. The van der Waals surface area contributed by atoms with Crippen LogP contribution in [0.1, 0.15) is 5.82 Å². The van der Waals surface area contributed by atoms with Crippen molar-refractivity contribution in [2.24, 2.45) is 0 Å². The van der Waals surface area contributed by atoms with Crippen LogP contribution >= 0.6 is 0 Å². The molecule has 0 spiro atoms. The summed E-state index contributed by atoms with van der Waals surface area (Å²) in [6.45, 7) is 2.69. The summed E-state index contributed by atoms with van der Waals surface area (Å²) in [5.41, 5.74) is 0. The van der Waals surface area contributed by atoms with Crippen LogP contribution in [0.5, 0.6) is 0 Å². The maximum Gasteiger partial charge on any atom is 0.237 e. The van der Waals surface area contributed by atoms with E-state index in [1.54, 1.807) is 23.4 Å². The van der Waals surface area contributed by atoms with Crippen molar-refractivity contribution in [3.05, 3.63) is 24.3 Å². The first-order chi connectivity index (χ1) is 7.25. The van der Waals surface area contributed by atoms with Gasteiger partial charge in [-0.05, 0) is 13.1 Å². The quantitative estimate of drug-likeness (QED) is 0.669. The van der Waals surface area contributed by atoms with Gasteiger partial charge in [-0.15, -0.1) is 0 Å². The normalized spacial score (nSPS) is 18.2. The van der Waals surface area contributed by atoms with Gasteiger partial charge in [-0.2, -0.15) is 0 Å². The topological polar surface area (TPSA) is 49.3 Å². The second kappa shape index (κ2) is 4.35. The Balaban J connectivity index is 1.98. The van der Waals surface area contributed by atoms with Crippen molar-refractivity contribution in [3.63, 3.8) is 0 Å². The molecular formula is C10H14N4O. The number of carbonyl (C=O) groups excluding carboxylic acids is 1. The summed E-state index contributed by atoms with van der Waals surface area (Å²) in [7, 11) is 1.95. The van der Waals surface area contributed by atoms with E-state index in [1.165, 1.54) is 0 Å². The SMILES string of the molecule is CN1CCN(Cc2ncccn2)C(=O)C1. The second-order valence-corrected chi connectivity index (χ2v) is 3.72. The summed E-state index contributed by atoms with van der Waals surface area (Å²) in [5, 5.41) is 0. The standard InChI is InChI=1S/C10H14N4O/c1-13-5-6-14(10(15)8-13)7-9-11-3-2-4-12-9/h2-4H,5-8H2,1H3. The van der Waals surface area contributed by atoms with Crippen molar-refractivity contribution in [1.82, 2.24) is 19.8 Å². The van der Waals surface area contributed by atoms with E-state index in [0.717, 1.165) is 13.1 Å². The monoisotopic (exact) mass is 206 g/mol. The van der Waals surface area contributed by atoms with Crippen LogP contribution in [0.2, 0.25) is 0 Å². The highest BCUT2D eigenvalue weighted by molar-refractivity contribution is 5.78. The molecule has 15 heavy (non-hydrogen) atoms. The van der Waals surface area contributed by atoms with Gasteiger partial charge in [0.05, 0.1) is 13.1 Å². The molecule has 2 heterocycles. The molecule has 1 amide bonds. The summed E-state index contributed by atoms with van der Waals surface area (Å²) >= 11 is 0. The Labute approximate surface area is 88.7 Å². The molecule has 0 aliphatic carbocycles. The average Bonchev–Trinajstić information content (AvgIpc) is 2.24. The van der Waals surface area contributed by atoms with Crippen LogP contribution in [0.15, 0.2) is 18.5 Å². The molecule has 0 saturated carbocycles. The smallest absolute Gasteiger partial charge is 0.237 e. The molecule has 2 rings (SSSR count). The maximum atomic E-state index is 11.6. The summed E-state index contributed by atoms with van der Waals surface area (Å²) in [6, 6.07) is 1.77. The number of aromatic nitrogens is 2. The van der Waals surface area contributed by atoms with E-state index in [1.807, 2.05) is 11.9 Å². The Kier molecular flexibility index (Phi) is 2.91. The highest BCUT2D eigenvalue weighted by Gasteiger charge is 2.21. The lowest BCUT2D eigenvalue weighted by atomic mass is 10.3. The number of carbonyl (C=O) groups is 1. The summed E-state index contributed by atoms with van der Waals surface area (Å²) in [5.74, 6) is 0.853. The maximum absolute atomic E-state index is 11.6. The molecule has 1 saturated heterocycles. The van der Waals surface area contributed by atoms with E-state index in [4.69, 9.17) is 0 Å². The van der Waals surface area contributed by atoms with E-state index < -0.39 is 0 Å². The minimum atomic E-state index is 0.149. The number of likely N-dealkylation sites (N-methyl/N-ethyl adjacent to an activating group) is 1. The van der Waals surface area contributed by atoms with Crippen LogP contribution in [0.3, 0.4) is 0 Å². The first-order valence-corrected chi connectivity index (χ1v) is 4.98. The highest BCUT2D eigenvalue weighted by atomic mass is 16.2. The van der Waals surface area contributed by atoms with Gasteiger partial charge >= 0.3 is 0 Å². The molecule has 0 bridgehead atoms. The van der Waals surface area contributed by atoms with Crippen LogP contribution in [-0.4, -0.2) is 52.4 Å². The molecular weight excluding hydrogens is 192 g/mol. The number of hydrogen-bond donors (Lipinski definition) is 0. The van der Waals surface area contributed by atoms with Crippen molar-refractivity contribution in [2.75, 3.05) is 26.7 Å².